The number of aliphatic hydroxyl groups excluding tert-OH is 1. The van der Waals surface area contributed by atoms with Gasteiger partial charge in [0.2, 0.25) is 0 Å². The molecule has 0 saturated carbocycles. The molecule has 0 spiro atoms. The second kappa shape index (κ2) is 5.16. The van der Waals surface area contributed by atoms with Gasteiger partial charge in [-0.3, -0.25) is 10.1 Å². The second-order valence-corrected chi connectivity index (χ2v) is 2.66. The summed E-state index contributed by atoms with van der Waals surface area (Å²) in [6.45, 7) is -0.0384. The lowest BCUT2D eigenvalue weighted by Crippen LogP contribution is -2.02. The van der Waals surface area contributed by atoms with E-state index in [0.29, 0.717) is 5.75 Å². The third-order valence-corrected chi connectivity index (χ3v) is 1.71. The first kappa shape index (κ1) is 11.3. The van der Waals surface area contributed by atoms with Crippen LogP contribution in [0.1, 0.15) is 0 Å². The molecule has 0 bridgehead atoms. The van der Waals surface area contributed by atoms with Crippen LogP contribution < -0.4 is 9.47 Å². The van der Waals surface area contributed by atoms with E-state index in [-0.39, 0.29) is 24.7 Å². The molecule has 0 amide bonds. The van der Waals surface area contributed by atoms with Crippen molar-refractivity contribution in [2.75, 3.05) is 20.3 Å². The number of aliphatic hydroxyl groups is 1. The van der Waals surface area contributed by atoms with E-state index in [1.54, 1.807) is 6.07 Å². The highest BCUT2D eigenvalue weighted by molar-refractivity contribution is 5.50. The molecule has 6 heteroatoms. The Morgan fingerprint density at radius 3 is 2.80 bits per heavy atom. The van der Waals surface area contributed by atoms with E-state index in [1.807, 2.05) is 0 Å². The molecule has 0 aliphatic carbocycles. The molecule has 1 N–H and O–H groups in total. The molecule has 0 unspecified atom stereocenters. The summed E-state index contributed by atoms with van der Waals surface area (Å²) < 4.78 is 9.85. The zero-order valence-electron chi connectivity index (χ0n) is 8.17. The van der Waals surface area contributed by atoms with E-state index < -0.39 is 4.92 Å². The summed E-state index contributed by atoms with van der Waals surface area (Å²) in [4.78, 5) is 10.1. The van der Waals surface area contributed by atoms with Crippen molar-refractivity contribution in [2.45, 2.75) is 0 Å². The van der Waals surface area contributed by atoms with Gasteiger partial charge >= 0.3 is 5.69 Å². The van der Waals surface area contributed by atoms with Gasteiger partial charge in [-0.25, -0.2) is 0 Å². The number of hydrogen-bond donors (Lipinski definition) is 1. The molecular formula is C9H11NO5. The van der Waals surface area contributed by atoms with E-state index in [0.717, 1.165) is 0 Å². The van der Waals surface area contributed by atoms with Crippen LogP contribution >= 0.6 is 0 Å². The van der Waals surface area contributed by atoms with Gasteiger partial charge in [0.1, 0.15) is 12.4 Å². The van der Waals surface area contributed by atoms with Gasteiger partial charge in [0.05, 0.1) is 24.7 Å². The number of benzene rings is 1. The first-order valence-corrected chi connectivity index (χ1v) is 4.25. The van der Waals surface area contributed by atoms with Crippen LogP contribution in [0.3, 0.4) is 0 Å². The van der Waals surface area contributed by atoms with E-state index >= 15 is 0 Å². The van der Waals surface area contributed by atoms with Crippen LogP contribution in [0.15, 0.2) is 18.2 Å². The zero-order valence-corrected chi connectivity index (χ0v) is 8.17. The number of nitro benzene ring substituents is 1. The minimum Gasteiger partial charge on any atom is -0.491 e. The standard InChI is InChI=1S/C9H11NO5/c1-14-9-3-2-7(15-5-4-11)6-8(9)10(12)13/h2-3,6,11H,4-5H2,1H3. The summed E-state index contributed by atoms with van der Waals surface area (Å²) in [6.07, 6.45) is 0. The predicted octanol–water partition coefficient (Wildman–Crippen LogP) is 0.974. The van der Waals surface area contributed by atoms with Crippen LogP contribution in [-0.2, 0) is 0 Å². The van der Waals surface area contributed by atoms with Gasteiger partial charge in [-0.15, -0.1) is 0 Å². The van der Waals surface area contributed by atoms with Gasteiger partial charge in [-0.05, 0) is 12.1 Å². The molecule has 6 nitrogen and oxygen atoms in total. The monoisotopic (exact) mass is 213 g/mol. The van der Waals surface area contributed by atoms with Crippen molar-refractivity contribution in [3.05, 3.63) is 28.3 Å². The Labute approximate surface area is 86.2 Å². The highest BCUT2D eigenvalue weighted by atomic mass is 16.6. The van der Waals surface area contributed by atoms with Crippen LogP contribution in [-0.4, -0.2) is 30.4 Å². The van der Waals surface area contributed by atoms with Crippen LogP contribution in [0, 0.1) is 10.1 Å². The molecule has 0 aliphatic rings. The minimum atomic E-state index is -0.551. The summed E-state index contributed by atoms with van der Waals surface area (Å²) in [5.41, 5.74) is -0.159. The number of rotatable bonds is 5. The van der Waals surface area contributed by atoms with Crippen molar-refractivity contribution in [1.29, 1.82) is 0 Å². The van der Waals surface area contributed by atoms with Crippen molar-refractivity contribution in [3.63, 3.8) is 0 Å². The molecule has 0 heterocycles. The number of ether oxygens (including phenoxy) is 2. The van der Waals surface area contributed by atoms with E-state index in [4.69, 9.17) is 14.6 Å². The smallest absolute Gasteiger partial charge is 0.314 e. The Morgan fingerprint density at radius 1 is 1.53 bits per heavy atom. The summed E-state index contributed by atoms with van der Waals surface area (Å²) >= 11 is 0. The third-order valence-electron chi connectivity index (χ3n) is 1.71. The third kappa shape index (κ3) is 2.81. The van der Waals surface area contributed by atoms with Gasteiger partial charge in [-0.2, -0.15) is 0 Å². The van der Waals surface area contributed by atoms with Crippen LogP contribution in [0.5, 0.6) is 11.5 Å². The average Bonchev–Trinajstić information content (AvgIpc) is 2.25. The fourth-order valence-corrected chi connectivity index (χ4v) is 1.07. The summed E-state index contributed by atoms with van der Waals surface area (Å²) in [6, 6.07) is 4.25. The Morgan fingerprint density at radius 2 is 2.27 bits per heavy atom. The Hall–Kier alpha value is -1.82. The maximum Gasteiger partial charge on any atom is 0.314 e. The lowest BCUT2D eigenvalue weighted by atomic mass is 10.3. The van der Waals surface area contributed by atoms with Crippen molar-refractivity contribution >= 4 is 5.69 Å². The van der Waals surface area contributed by atoms with Crippen LogP contribution in [0.4, 0.5) is 5.69 Å². The van der Waals surface area contributed by atoms with Gasteiger partial charge in [0.25, 0.3) is 0 Å². The van der Waals surface area contributed by atoms with Crippen molar-refractivity contribution in [3.8, 4) is 11.5 Å². The lowest BCUT2D eigenvalue weighted by molar-refractivity contribution is -0.385. The second-order valence-electron chi connectivity index (χ2n) is 2.66. The number of hydrogen-bond acceptors (Lipinski definition) is 5. The Bertz CT molecular complexity index is 352. The molecule has 0 aromatic heterocycles. The van der Waals surface area contributed by atoms with Crippen LogP contribution in [0.25, 0.3) is 0 Å². The SMILES string of the molecule is COc1ccc(OCCO)cc1[N+](=O)[O-]. The highest BCUT2D eigenvalue weighted by Crippen LogP contribution is 2.30. The Kier molecular flexibility index (Phi) is 3.87. The van der Waals surface area contributed by atoms with E-state index in [2.05, 4.69) is 0 Å². The summed E-state index contributed by atoms with van der Waals surface area (Å²) in [7, 11) is 1.36. The number of nitro groups is 1. The first-order chi connectivity index (χ1) is 7.19. The molecule has 0 aliphatic heterocycles. The number of methoxy groups -OCH3 is 1. The van der Waals surface area contributed by atoms with Crippen molar-refractivity contribution in [1.82, 2.24) is 0 Å². The predicted molar refractivity (Wildman–Crippen MR) is 52.2 cm³/mol. The largest absolute Gasteiger partial charge is 0.491 e. The van der Waals surface area contributed by atoms with Gasteiger partial charge in [0, 0.05) is 0 Å². The molecule has 0 atom stereocenters. The maximum absolute atomic E-state index is 10.6. The molecule has 0 saturated heterocycles. The van der Waals surface area contributed by atoms with Gasteiger partial charge in [-0.1, -0.05) is 0 Å². The average molecular weight is 213 g/mol. The molecule has 82 valence electrons. The van der Waals surface area contributed by atoms with Gasteiger partial charge < -0.3 is 14.6 Å². The zero-order chi connectivity index (χ0) is 11.3. The van der Waals surface area contributed by atoms with Crippen molar-refractivity contribution < 1.29 is 19.5 Å². The molecule has 1 aromatic carbocycles. The topological polar surface area (TPSA) is 81.8 Å². The normalized spacial score (nSPS) is 9.73. The Balaban J connectivity index is 2.94. The van der Waals surface area contributed by atoms with Crippen molar-refractivity contribution in [2.24, 2.45) is 0 Å². The summed E-state index contributed by atoms with van der Waals surface area (Å²) in [5.74, 6) is 0.507. The molecule has 15 heavy (non-hydrogen) atoms. The lowest BCUT2D eigenvalue weighted by Gasteiger charge is -2.05. The summed E-state index contributed by atoms with van der Waals surface area (Å²) in [5, 5.41) is 19.2. The number of nitrogens with zero attached hydrogens (tertiary/aromatic N) is 1. The highest BCUT2D eigenvalue weighted by Gasteiger charge is 2.15. The first-order valence-electron chi connectivity index (χ1n) is 4.25. The minimum absolute atomic E-state index is 0.101. The fraction of sp³-hybridized carbons (Fsp3) is 0.333. The van der Waals surface area contributed by atoms with Gasteiger partial charge in [0.15, 0.2) is 5.75 Å². The quantitative estimate of drug-likeness (QED) is 0.582. The molecule has 0 radical (unpaired) electrons. The molecule has 1 rings (SSSR count). The fourth-order valence-electron chi connectivity index (χ4n) is 1.07. The van der Waals surface area contributed by atoms with Crippen LogP contribution in [0.2, 0.25) is 0 Å². The van der Waals surface area contributed by atoms with E-state index in [1.165, 1.54) is 19.2 Å². The maximum atomic E-state index is 10.6. The molecule has 1 aromatic rings. The molecule has 0 fully saturated rings. The molecular weight excluding hydrogens is 202 g/mol. The van der Waals surface area contributed by atoms with E-state index in [9.17, 15) is 10.1 Å².